The summed E-state index contributed by atoms with van der Waals surface area (Å²) < 4.78 is 0. The van der Waals surface area contributed by atoms with Gasteiger partial charge in [-0.2, -0.15) is 0 Å². The van der Waals surface area contributed by atoms with Gasteiger partial charge in [0.05, 0.1) is 0 Å². The first-order valence-electron chi connectivity index (χ1n) is 6.66. The number of benzene rings is 1. The number of anilines is 1. The summed E-state index contributed by atoms with van der Waals surface area (Å²) in [6.07, 6.45) is 6.37. The van der Waals surface area contributed by atoms with E-state index in [4.69, 9.17) is 5.73 Å². The molecule has 2 atom stereocenters. The Morgan fingerprint density at radius 3 is 2.94 bits per heavy atom. The van der Waals surface area contributed by atoms with Crippen LogP contribution in [0.4, 0.5) is 5.69 Å². The Bertz CT molecular complexity index is 351. The Kier molecular flexibility index (Phi) is 4.40. The van der Waals surface area contributed by atoms with Gasteiger partial charge in [0.1, 0.15) is 0 Å². The van der Waals surface area contributed by atoms with Crippen molar-refractivity contribution in [3.63, 3.8) is 0 Å². The van der Waals surface area contributed by atoms with Crippen LogP contribution in [0.5, 0.6) is 0 Å². The average molecular weight is 233 g/mol. The number of nitrogens with one attached hydrogen (secondary N) is 2. The number of hydrogen-bond donors (Lipinski definition) is 3. The summed E-state index contributed by atoms with van der Waals surface area (Å²) in [5.74, 6) is 0. The fourth-order valence-electron chi connectivity index (χ4n) is 2.45. The summed E-state index contributed by atoms with van der Waals surface area (Å²) in [6.45, 7) is 2.25. The molecule has 0 aliphatic carbocycles. The molecule has 1 aliphatic heterocycles. The molecule has 3 heteroatoms. The minimum absolute atomic E-state index is 0.408. The first-order chi connectivity index (χ1) is 8.29. The molecule has 0 aromatic heterocycles. The number of hydrogen-bond acceptors (Lipinski definition) is 3. The van der Waals surface area contributed by atoms with Crippen LogP contribution in [0.2, 0.25) is 0 Å². The van der Waals surface area contributed by atoms with E-state index in [-0.39, 0.29) is 0 Å². The highest BCUT2D eigenvalue weighted by Crippen LogP contribution is 2.25. The van der Waals surface area contributed by atoms with Crippen molar-refractivity contribution >= 4 is 5.69 Å². The lowest BCUT2D eigenvalue weighted by Crippen LogP contribution is -2.30. The van der Waals surface area contributed by atoms with Crippen molar-refractivity contribution in [2.45, 2.75) is 51.1 Å². The highest BCUT2D eigenvalue weighted by Gasteiger charge is 2.24. The number of unbranched alkanes of at least 4 members (excludes halogenated alkanes) is 2. The van der Waals surface area contributed by atoms with E-state index in [0.717, 1.165) is 12.1 Å². The van der Waals surface area contributed by atoms with Crippen molar-refractivity contribution in [3.8, 4) is 0 Å². The van der Waals surface area contributed by atoms with E-state index >= 15 is 0 Å². The second kappa shape index (κ2) is 6.03. The minimum Gasteiger partial charge on any atom is -0.399 e. The van der Waals surface area contributed by atoms with E-state index in [1.807, 2.05) is 12.1 Å². The molecule has 1 aromatic rings. The Morgan fingerprint density at radius 2 is 2.18 bits per heavy atom. The van der Waals surface area contributed by atoms with Gasteiger partial charge in [-0.25, -0.2) is 0 Å². The summed E-state index contributed by atoms with van der Waals surface area (Å²) in [6, 6.07) is 9.18. The lowest BCUT2D eigenvalue weighted by atomic mass is 9.98. The standard InChI is InChI=1S/C14H23N3/c1-2-3-4-8-13-10-14(17-16-13)11-6-5-7-12(15)9-11/h5-7,9,13-14,16-17H,2-4,8,10,15H2,1H3. The smallest absolute Gasteiger partial charge is 0.0478 e. The molecule has 0 bridgehead atoms. The quantitative estimate of drug-likeness (QED) is 0.541. The minimum atomic E-state index is 0.408. The van der Waals surface area contributed by atoms with Gasteiger partial charge in [-0.1, -0.05) is 38.3 Å². The van der Waals surface area contributed by atoms with E-state index in [9.17, 15) is 0 Å². The summed E-state index contributed by atoms with van der Waals surface area (Å²) in [7, 11) is 0. The van der Waals surface area contributed by atoms with Crippen molar-refractivity contribution in [1.29, 1.82) is 0 Å². The predicted octanol–water partition coefficient (Wildman–Crippen LogP) is 2.76. The highest BCUT2D eigenvalue weighted by atomic mass is 15.4. The molecule has 94 valence electrons. The average Bonchev–Trinajstić information content (AvgIpc) is 2.78. The summed E-state index contributed by atoms with van der Waals surface area (Å²) in [4.78, 5) is 0. The van der Waals surface area contributed by atoms with E-state index in [1.54, 1.807) is 0 Å². The van der Waals surface area contributed by atoms with E-state index in [2.05, 4.69) is 29.9 Å². The maximum atomic E-state index is 5.81. The van der Waals surface area contributed by atoms with Gasteiger partial charge in [-0.3, -0.25) is 10.9 Å². The third kappa shape index (κ3) is 3.45. The van der Waals surface area contributed by atoms with Crippen molar-refractivity contribution in [3.05, 3.63) is 29.8 Å². The molecule has 3 nitrogen and oxygen atoms in total. The summed E-state index contributed by atoms with van der Waals surface area (Å²) in [5.41, 5.74) is 14.7. The van der Waals surface area contributed by atoms with Crippen LogP contribution in [0.3, 0.4) is 0 Å². The maximum Gasteiger partial charge on any atom is 0.0478 e. The molecule has 1 fully saturated rings. The van der Waals surface area contributed by atoms with Gasteiger partial charge in [-0.05, 0) is 30.5 Å². The Morgan fingerprint density at radius 1 is 1.29 bits per heavy atom. The van der Waals surface area contributed by atoms with E-state index < -0.39 is 0 Å². The van der Waals surface area contributed by atoms with Gasteiger partial charge < -0.3 is 5.73 Å². The molecule has 17 heavy (non-hydrogen) atoms. The van der Waals surface area contributed by atoms with E-state index in [1.165, 1.54) is 31.2 Å². The molecule has 1 saturated heterocycles. The van der Waals surface area contributed by atoms with Crippen molar-refractivity contribution in [2.75, 3.05) is 5.73 Å². The van der Waals surface area contributed by atoms with Gasteiger partial charge in [0.15, 0.2) is 0 Å². The molecular weight excluding hydrogens is 210 g/mol. The molecule has 2 rings (SSSR count). The molecule has 0 saturated carbocycles. The Balaban J connectivity index is 1.85. The fraction of sp³-hybridized carbons (Fsp3) is 0.571. The van der Waals surface area contributed by atoms with Crippen LogP contribution in [0.15, 0.2) is 24.3 Å². The number of nitrogen functional groups attached to an aromatic ring is 1. The zero-order valence-electron chi connectivity index (χ0n) is 10.6. The molecule has 4 N–H and O–H groups in total. The van der Waals surface area contributed by atoms with Crippen LogP contribution in [0.1, 0.15) is 50.6 Å². The molecule has 1 heterocycles. The van der Waals surface area contributed by atoms with Crippen LogP contribution in [0, 0.1) is 0 Å². The largest absolute Gasteiger partial charge is 0.399 e. The zero-order valence-corrected chi connectivity index (χ0v) is 10.6. The van der Waals surface area contributed by atoms with Crippen LogP contribution < -0.4 is 16.6 Å². The number of hydrazine groups is 1. The molecular formula is C14H23N3. The topological polar surface area (TPSA) is 50.1 Å². The molecule has 1 aromatic carbocycles. The van der Waals surface area contributed by atoms with Crippen LogP contribution in [0.25, 0.3) is 0 Å². The van der Waals surface area contributed by atoms with Gasteiger partial charge in [0.2, 0.25) is 0 Å². The third-order valence-electron chi connectivity index (χ3n) is 3.45. The van der Waals surface area contributed by atoms with Gasteiger partial charge in [0.25, 0.3) is 0 Å². The van der Waals surface area contributed by atoms with E-state index in [0.29, 0.717) is 12.1 Å². The number of rotatable bonds is 5. The Labute approximate surface area is 104 Å². The Hall–Kier alpha value is -1.06. The zero-order chi connectivity index (χ0) is 12.1. The molecule has 0 spiro atoms. The fourth-order valence-corrected chi connectivity index (χ4v) is 2.45. The van der Waals surface area contributed by atoms with Gasteiger partial charge >= 0.3 is 0 Å². The summed E-state index contributed by atoms with van der Waals surface area (Å²) in [5, 5.41) is 0. The first kappa shape index (κ1) is 12.4. The summed E-state index contributed by atoms with van der Waals surface area (Å²) >= 11 is 0. The van der Waals surface area contributed by atoms with Crippen LogP contribution in [-0.4, -0.2) is 6.04 Å². The highest BCUT2D eigenvalue weighted by molar-refractivity contribution is 5.41. The van der Waals surface area contributed by atoms with Gasteiger partial charge in [-0.15, -0.1) is 0 Å². The first-order valence-corrected chi connectivity index (χ1v) is 6.66. The van der Waals surface area contributed by atoms with Crippen LogP contribution in [-0.2, 0) is 0 Å². The predicted molar refractivity (Wildman–Crippen MR) is 72.4 cm³/mol. The van der Waals surface area contributed by atoms with Crippen molar-refractivity contribution in [2.24, 2.45) is 0 Å². The lowest BCUT2D eigenvalue weighted by Gasteiger charge is -2.10. The van der Waals surface area contributed by atoms with Crippen LogP contribution >= 0.6 is 0 Å². The van der Waals surface area contributed by atoms with Crippen molar-refractivity contribution in [1.82, 2.24) is 10.9 Å². The maximum absolute atomic E-state index is 5.81. The SMILES string of the molecule is CCCCCC1CC(c2cccc(N)c2)NN1. The lowest BCUT2D eigenvalue weighted by molar-refractivity contribution is 0.492. The van der Waals surface area contributed by atoms with Crippen molar-refractivity contribution < 1.29 is 0 Å². The third-order valence-corrected chi connectivity index (χ3v) is 3.45. The second-order valence-corrected chi connectivity index (χ2v) is 4.94. The monoisotopic (exact) mass is 233 g/mol. The number of nitrogens with two attached hydrogens (primary N) is 1. The molecule has 0 amide bonds. The molecule has 1 aliphatic rings. The molecule has 0 radical (unpaired) electrons. The molecule has 2 unspecified atom stereocenters. The normalized spacial score (nSPS) is 24.1. The van der Waals surface area contributed by atoms with Gasteiger partial charge in [0, 0.05) is 17.8 Å². The second-order valence-electron chi connectivity index (χ2n) is 4.94.